The fourth-order valence-electron chi connectivity index (χ4n) is 2.39. The summed E-state index contributed by atoms with van der Waals surface area (Å²) in [7, 11) is 0. The van der Waals surface area contributed by atoms with Gasteiger partial charge in [-0.05, 0) is 42.9 Å². The fraction of sp³-hybridized carbons (Fsp3) is 0.889. The molecule has 0 nitrogen and oxygen atoms in total. The average molecular weight is 252 g/mol. The van der Waals surface area contributed by atoms with Crippen molar-refractivity contribution < 1.29 is 0 Å². The highest BCUT2D eigenvalue weighted by atomic mass is 14.3. The van der Waals surface area contributed by atoms with Crippen LogP contribution < -0.4 is 0 Å². The average Bonchev–Trinajstić information content (AvgIpc) is 2.24. The molecule has 108 valence electrons. The van der Waals surface area contributed by atoms with Gasteiger partial charge in [0.25, 0.3) is 0 Å². The number of allylic oxidation sites excluding steroid dienone is 2. The second-order valence-corrected chi connectivity index (χ2v) is 7.36. The molecule has 0 saturated heterocycles. The molecule has 0 aromatic heterocycles. The zero-order valence-electron chi connectivity index (χ0n) is 14.1. The van der Waals surface area contributed by atoms with Gasteiger partial charge in [-0.1, -0.05) is 73.0 Å². The van der Waals surface area contributed by atoms with E-state index in [-0.39, 0.29) is 0 Å². The maximum Gasteiger partial charge on any atom is -0.0260 e. The number of hydrogen-bond acceptors (Lipinski definition) is 0. The molecule has 0 spiro atoms. The van der Waals surface area contributed by atoms with Crippen molar-refractivity contribution in [2.45, 2.75) is 81.1 Å². The van der Waals surface area contributed by atoms with Gasteiger partial charge in [0.1, 0.15) is 0 Å². The SMILES string of the molecule is CC=C(CC(C)CCCC(C)(C)C(C)C)C(C)C. The van der Waals surface area contributed by atoms with E-state index in [9.17, 15) is 0 Å². The van der Waals surface area contributed by atoms with E-state index in [1.807, 2.05) is 0 Å². The minimum Gasteiger partial charge on any atom is -0.0882 e. The summed E-state index contributed by atoms with van der Waals surface area (Å²) in [6.45, 7) is 18.7. The van der Waals surface area contributed by atoms with Gasteiger partial charge in [-0.15, -0.1) is 0 Å². The van der Waals surface area contributed by atoms with Crippen molar-refractivity contribution in [3.05, 3.63) is 11.6 Å². The van der Waals surface area contributed by atoms with Crippen LogP contribution in [0.3, 0.4) is 0 Å². The molecule has 0 N–H and O–H groups in total. The van der Waals surface area contributed by atoms with Gasteiger partial charge in [0, 0.05) is 0 Å². The minimum atomic E-state index is 0.501. The highest BCUT2D eigenvalue weighted by molar-refractivity contribution is 5.03. The standard InChI is InChI=1S/C18H36/c1-9-17(14(2)3)13-16(6)11-10-12-18(7,8)15(4)5/h9,14-16H,10-13H2,1-8H3. The molecule has 1 unspecified atom stereocenters. The van der Waals surface area contributed by atoms with Crippen molar-refractivity contribution in [1.82, 2.24) is 0 Å². The van der Waals surface area contributed by atoms with Gasteiger partial charge < -0.3 is 0 Å². The zero-order valence-corrected chi connectivity index (χ0v) is 14.1. The summed E-state index contributed by atoms with van der Waals surface area (Å²) in [6, 6.07) is 0. The van der Waals surface area contributed by atoms with Crippen molar-refractivity contribution >= 4 is 0 Å². The van der Waals surface area contributed by atoms with E-state index < -0.39 is 0 Å². The molecule has 0 aromatic carbocycles. The summed E-state index contributed by atoms with van der Waals surface area (Å²) < 4.78 is 0. The van der Waals surface area contributed by atoms with E-state index in [1.165, 1.54) is 25.7 Å². The van der Waals surface area contributed by atoms with Crippen LogP contribution in [0.4, 0.5) is 0 Å². The number of rotatable bonds is 8. The molecule has 0 aromatic rings. The Morgan fingerprint density at radius 3 is 2.00 bits per heavy atom. The van der Waals surface area contributed by atoms with Gasteiger partial charge in [0.2, 0.25) is 0 Å². The molecule has 0 rings (SSSR count). The molecular formula is C18H36. The van der Waals surface area contributed by atoms with Crippen LogP contribution >= 0.6 is 0 Å². The Morgan fingerprint density at radius 2 is 1.61 bits per heavy atom. The molecule has 0 aliphatic rings. The smallest absolute Gasteiger partial charge is 0.0260 e. The predicted octanol–water partition coefficient (Wildman–Crippen LogP) is 6.47. The molecule has 0 bridgehead atoms. The van der Waals surface area contributed by atoms with Gasteiger partial charge in [0.05, 0.1) is 0 Å². The summed E-state index contributed by atoms with van der Waals surface area (Å²) in [6.07, 6.45) is 7.72. The third-order valence-corrected chi connectivity index (χ3v) is 4.78. The minimum absolute atomic E-state index is 0.501. The maximum atomic E-state index is 2.41. The first-order valence-electron chi connectivity index (χ1n) is 7.85. The molecule has 0 aliphatic heterocycles. The molecule has 1 atom stereocenters. The highest BCUT2D eigenvalue weighted by Gasteiger charge is 2.21. The molecule has 0 heteroatoms. The Kier molecular flexibility index (Phi) is 7.90. The predicted molar refractivity (Wildman–Crippen MR) is 84.8 cm³/mol. The quantitative estimate of drug-likeness (QED) is 0.434. The van der Waals surface area contributed by atoms with E-state index in [4.69, 9.17) is 0 Å². The number of hydrogen-bond donors (Lipinski definition) is 0. The third-order valence-electron chi connectivity index (χ3n) is 4.78. The second kappa shape index (κ2) is 8.02. The van der Waals surface area contributed by atoms with Crippen LogP contribution in [0.5, 0.6) is 0 Å². The molecule has 0 saturated carbocycles. The summed E-state index contributed by atoms with van der Waals surface area (Å²) in [5, 5.41) is 0. The summed E-state index contributed by atoms with van der Waals surface area (Å²) in [5.74, 6) is 2.33. The summed E-state index contributed by atoms with van der Waals surface area (Å²) in [5.41, 5.74) is 2.13. The molecule has 0 aliphatic carbocycles. The van der Waals surface area contributed by atoms with Gasteiger partial charge >= 0.3 is 0 Å². The lowest BCUT2D eigenvalue weighted by atomic mass is 9.76. The Labute approximate surface area is 116 Å². The molecule has 0 heterocycles. The largest absolute Gasteiger partial charge is 0.0882 e. The second-order valence-electron chi connectivity index (χ2n) is 7.36. The van der Waals surface area contributed by atoms with Crippen LogP contribution in [0.2, 0.25) is 0 Å². The molecule has 0 amide bonds. The van der Waals surface area contributed by atoms with E-state index >= 15 is 0 Å². The van der Waals surface area contributed by atoms with Crippen molar-refractivity contribution in [1.29, 1.82) is 0 Å². The lowest BCUT2D eigenvalue weighted by molar-refractivity contribution is 0.216. The highest BCUT2D eigenvalue weighted by Crippen LogP contribution is 2.33. The first-order chi connectivity index (χ1) is 8.20. The van der Waals surface area contributed by atoms with E-state index in [0.717, 1.165) is 11.8 Å². The van der Waals surface area contributed by atoms with Crippen molar-refractivity contribution in [3.63, 3.8) is 0 Å². The lowest BCUT2D eigenvalue weighted by Crippen LogP contribution is -2.19. The molecule has 0 radical (unpaired) electrons. The first kappa shape index (κ1) is 17.7. The Hall–Kier alpha value is -0.260. The van der Waals surface area contributed by atoms with Crippen LogP contribution in [0.15, 0.2) is 11.6 Å². The first-order valence-corrected chi connectivity index (χ1v) is 7.85. The molecule has 0 fully saturated rings. The van der Waals surface area contributed by atoms with Gasteiger partial charge in [-0.3, -0.25) is 0 Å². The van der Waals surface area contributed by atoms with Crippen LogP contribution in [-0.4, -0.2) is 0 Å². The maximum absolute atomic E-state index is 2.41. The van der Waals surface area contributed by atoms with Crippen LogP contribution in [0.1, 0.15) is 81.1 Å². The van der Waals surface area contributed by atoms with Crippen molar-refractivity contribution in [2.75, 3.05) is 0 Å². The Balaban J connectivity index is 4.02. The van der Waals surface area contributed by atoms with Gasteiger partial charge in [-0.2, -0.15) is 0 Å². The summed E-state index contributed by atoms with van der Waals surface area (Å²) in [4.78, 5) is 0. The normalized spacial score (nSPS) is 15.6. The Morgan fingerprint density at radius 1 is 1.06 bits per heavy atom. The third kappa shape index (κ3) is 6.61. The topological polar surface area (TPSA) is 0 Å². The van der Waals surface area contributed by atoms with Crippen LogP contribution in [0.25, 0.3) is 0 Å². The van der Waals surface area contributed by atoms with E-state index in [1.54, 1.807) is 5.57 Å². The Bertz CT molecular complexity index is 243. The monoisotopic (exact) mass is 252 g/mol. The van der Waals surface area contributed by atoms with Crippen LogP contribution in [0, 0.1) is 23.2 Å². The van der Waals surface area contributed by atoms with Gasteiger partial charge in [0.15, 0.2) is 0 Å². The van der Waals surface area contributed by atoms with Crippen molar-refractivity contribution in [2.24, 2.45) is 23.2 Å². The summed E-state index contributed by atoms with van der Waals surface area (Å²) >= 11 is 0. The van der Waals surface area contributed by atoms with Crippen LogP contribution in [-0.2, 0) is 0 Å². The van der Waals surface area contributed by atoms with Crippen molar-refractivity contribution in [3.8, 4) is 0 Å². The van der Waals surface area contributed by atoms with E-state index in [0.29, 0.717) is 11.3 Å². The van der Waals surface area contributed by atoms with E-state index in [2.05, 4.69) is 61.5 Å². The fourth-order valence-corrected chi connectivity index (χ4v) is 2.39. The molecular weight excluding hydrogens is 216 g/mol. The lowest BCUT2D eigenvalue weighted by Gasteiger charge is -2.29. The molecule has 18 heavy (non-hydrogen) atoms. The zero-order chi connectivity index (χ0) is 14.3. The van der Waals surface area contributed by atoms with Gasteiger partial charge in [-0.25, -0.2) is 0 Å².